The highest BCUT2D eigenvalue weighted by Crippen LogP contribution is 2.31. The smallest absolute Gasteiger partial charge is 0.408 e. The van der Waals surface area contributed by atoms with E-state index in [1.54, 1.807) is 39.0 Å². The summed E-state index contributed by atoms with van der Waals surface area (Å²) in [5.41, 5.74) is 2.69. The predicted octanol–water partition coefficient (Wildman–Crippen LogP) is 5.07. The van der Waals surface area contributed by atoms with Crippen LogP contribution in [0.4, 0.5) is 10.5 Å². The first-order valence-corrected chi connectivity index (χ1v) is 11.9. The number of nitro groups is 1. The summed E-state index contributed by atoms with van der Waals surface area (Å²) in [7, 11) is 0. The van der Waals surface area contributed by atoms with E-state index in [0.29, 0.717) is 11.3 Å². The molecule has 0 saturated carbocycles. The van der Waals surface area contributed by atoms with Crippen LogP contribution in [0, 0.1) is 10.1 Å². The number of nitrogens with zero attached hydrogens (tertiary/aromatic N) is 2. The number of carbonyl (C=O) groups excluding carboxylic acids is 2. The fraction of sp³-hybridized carbons (Fsp3) is 0.269. The Hall–Kier alpha value is -4.22. The molecule has 0 unspecified atom stereocenters. The van der Waals surface area contributed by atoms with Crippen LogP contribution in [0.2, 0.25) is 5.02 Å². The SMILES string of the molecule is CC(C)(C)OC(=O)N[C@@H](COCc1ccccc1)C(=O)N/N=C\c1ccc(-c2ccc(Cl)c([N+](=O)[O-])c2)o1. The Morgan fingerprint density at radius 2 is 1.89 bits per heavy atom. The molecule has 2 amide bonds. The maximum Gasteiger partial charge on any atom is 0.408 e. The molecular formula is C26H27ClN4O7. The highest BCUT2D eigenvalue weighted by atomic mass is 35.5. The van der Waals surface area contributed by atoms with Crippen LogP contribution >= 0.6 is 11.6 Å². The first kappa shape index (κ1) is 28.4. The molecule has 3 rings (SSSR count). The van der Waals surface area contributed by atoms with Gasteiger partial charge in [-0.15, -0.1) is 0 Å². The number of amides is 2. The molecule has 1 atom stereocenters. The highest BCUT2D eigenvalue weighted by molar-refractivity contribution is 6.32. The van der Waals surface area contributed by atoms with E-state index >= 15 is 0 Å². The average molecular weight is 543 g/mol. The Morgan fingerprint density at radius 1 is 1.16 bits per heavy atom. The molecule has 0 aliphatic heterocycles. The van der Waals surface area contributed by atoms with Gasteiger partial charge in [0.25, 0.3) is 11.6 Å². The number of alkyl carbamates (subject to hydrolysis) is 1. The summed E-state index contributed by atoms with van der Waals surface area (Å²) in [6.45, 7) is 5.23. The van der Waals surface area contributed by atoms with Crippen LogP contribution in [0.15, 0.2) is 70.2 Å². The lowest BCUT2D eigenvalue weighted by molar-refractivity contribution is -0.384. The van der Waals surface area contributed by atoms with Crippen molar-refractivity contribution in [3.63, 3.8) is 0 Å². The van der Waals surface area contributed by atoms with Crippen molar-refractivity contribution in [1.82, 2.24) is 10.7 Å². The fourth-order valence-corrected chi connectivity index (χ4v) is 3.31. The van der Waals surface area contributed by atoms with Crippen LogP contribution in [0.1, 0.15) is 32.1 Å². The van der Waals surface area contributed by atoms with Gasteiger partial charge in [0.2, 0.25) is 0 Å². The number of nitro benzene ring substituents is 1. The van der Waals surface area contributed by atoms with Gasteiger partial charge in [-0.05, 0) is 50.6 Å². The fourth-order valence-electron chi connectivity index (χ4n) is 3.12. The van der Waals surface area contributed by atoms with E-state index in [9.17, 15) is 19.7 Å². The molecule has 12 heteroatoms. The van der Waals surface area contributed by atoms with Gasteiger partial charge < -0.3 is 19.2 Å². The molecule has 3 aromatic rings. The largest absolute Gasteiger partial charge is 0.455 e. The molecule has 200 valence electrons. The zero-order valence-electron chi connectivity index (χ0n) is 21.0. The lowest BCUT2D eigenvalue weighted by Gasteiger charge is -2.22. The summed E-state index contributed by atoms with van der Waals surface area (Å²) >= 11 is 5.86. The van der Waals surface area contributed by atoms with E-state index in [2.05, 4.69) is 15.8 Å². The number of benzene rings is 2. The molecule has 0 radical (unpaired) electrons. The van der Waals surface area contributed by atoms with E-state index in [4.69, 9.17) is 25.5 Å². The second kappa shape index (κ2) is 12.8. The minimum absolute atomic E-state index is 0.0112. The van der Waals surface area contributed by atoms with Crippen LogP contribution in [0.25, 0.3) is 11.3 Å². The number of furan rings is 1. The molecule has 0 spiro atoms. The maximum absolute atomic E-state index is 12.8. The second-order valence-corrected chi connectivity index (χ2v) is 9.47. The van der Waals surface area contributed by atoms with Crippen LogP contribution in [-0.4, -0.2) is 41.4 Å². The maximum atomic E-state index is 12.8. The molecule has 11 nitrogen and oxygen atoms in total. The minimum Gasteiger partial charge on any atom is -0.455 e. The third kappa shape index (κ3) is 8.71. The number of hydrogen-bond donors (Lipinski definition) is 2. The van der Waals surface area contributed by atoms with Crippen molar-refractivity contribution < 1.29 is 28.4 Å². The number of ether oxygens (including phenoxy) is 2. The van der Waals surface area contributed by atoms with E-state index in [-0.39, 0.29) is 29.7 Å². The summed E-state index contributed by atoms with van der Waals surface area (Å²) in [5, 5.41) is 17.5. The van der Waals surface area contributed by atoms with Gasteiger partial charge >= 0.3 is 6.09 Å². The van der Waals surface area contributed by atoms with Gasteiger partial charge in [0, 0.05) is 11.6 Å². The zero-order valence-corrected chi connectivity index (χ0v) is 21.7. The molecule has 2 N–H and O–H groups in total. The first-order valence-electron chi connectivity index (χ1n) is 11.5. The Kier molecular flexibility index (Phi) is 9.58. The summed E-state index contributed by atoms with van der Waals surface area (Å²) in [6, 6.07) is 15.7. The predicted molar refractivity (Wildman–Crippen MR) is 141 cm³/mol. The van der Waals surface area contributed by atoms with Gasteiger partial charge in [0.05, 0.1) is 24.4 Å². The number of carbonyl (C=O) groups is 2. The van der Waals surface area contributed by atoms with Crippen molar-refractivity contribution in [1.29, 1.82) is 0 Å². The topological polar surface area (TPSA) is 145 Å². The Morgan fingerprint density at radius 3 is 2.58 bits per heavy atom. The first-order chi connectivity index (χ1) is 18.0. The molecule has 1 aromatic heterocycles. The molecule has 2 aromatic carbocycles. The summed E-state index contributed by atoms with van der Waals surface area (Å²) in [5.74, 6) is -0.0218. The Balaban J connectivity index is 1.63. The number of hydrogen-bond acceptors (Lipinski definition) is 8. The molecule has 0 saturated heterocycles. The molecule has 0 aliphatic rings. The van der Waals surface area contributed by atoms with E-state index < -0.39 is 28.6 Å². The zero-order chi connectivity index (χ0) is 27.7. The lowest BCUT2D eigenvalue weighted by Crippen LogP contribution is -2.49. The number of rotatable bonds is 10. The Labute approximate surface area is 223 Å². The summed E-state index contributed by atoms with van der Waals surface area (Å²) in [4.78, 5) is 35.6. The number of halogens is 1. The highest BCUT2D eigenvalue weighted by Gasteiger charge is 2.24. The third-order valence-electron chi connectivity index (χ3n) is 4.82. The van der Waals surface area contributed by atoms with Crippen molar-refractivity contribution in [2.24, 2.45) is 5.10 Å². The minimum atomic E-state index is -1.09. The number of hydrazone groups is 1. The van der Waals surface area contributed by atoms with Crippen LogP contribution in [-0.2, 0) is 20.9 Å². The van der Waals surface area contributed by atoms with Gasteiger partial charge in [-0.2, -0.15) is 5.10 Å². The standard InChI is InChI=1S/C26H27ClN4O7/c1-26(2,3)38-25(33)29-21(16-36-15-17-7-5-4-6-8-17)24(32)30-28-14-19-10-12-23(37-19)18-9-11-20(27)22(13-18)31(34)35/h4-14,21H,15-16H2,1-3H3,(H,29,33)(H,30,32)/b28-14-/t21-/m0/s1. The van der Waals surface area contributed by atoms with Gasteiger partial charge in [-0.3, -0.25) is 14.9 Å². The summed E-state index contributed by atoms with van der Waals surface area (Å²) in [6.07, 6.45) is 0.471. The van der Waals surface area contributed by atoms with Crippen LogP contribution in [0.5, 0.6) is 0 Å². The molecular weight excluding hydrogens is 516 g/mol. The average Bonchev–Trinajstić information content (AvgIpc) is 3.32. The van der Waals surface area contributed by atoms with Crippen molar-refractivity contribution in [3.05, 3.63) is 87.1 Å². The van der Waals surface area contributed by atoms with Gasteiger partial charge in [0.15, 0.2) is 0 Å². The van der Waals surface area contributed by atoms with Crippen molar-refractivity contribution in [2.75, 3.05) is 6.61 Å². The second-order valence-electron chi connectivity index (χ2n) is 9.06. The van der Waals surface area contributed by atoms with Crippen molar-refractivity contribution in [2.45, 2.75) is 39.0 Å². The molecule has 0 aliphatic carbocycles. The molecule has 0 bridgehead atoms. The number of nitrogens with one attached hydrogen (secondary N) is 2. The molecule has 0 fully saturated rings. The Bertz CT molecular complexity index is 1300. The van der Waals surface area contributed by atoms with Crippen LogP contribution < -0.4 is 10.7 Å². The van der Waals surface area contributed by atoms with E-state index in [0.717, 1.165) is 5.56 Å². The monoisotopic (exact) mass is 542 g/mol. The van der Waals surface area contributed by atoms with Crippen molar-refractivity contribution in [3.8, 4) is 11.3 Å². The van der Waals surface area contributed by atoms with E-state index in [1.165, 1.54) is 18.3 Å². The molecule has 1 heterocycles. The van der Waals surface area contributed by atoms with E-state index in [1.807, 2.05) is 30.3 Å². The van der Waals surface area contributed by atoms with Gasteiger partial charge in [0.1, 0.15) is 28.2 Å². The van der Waals surface area contributed by atoms with Crippen molar-refractivity contribution >= 4 is 35.5 Å². The molecule has 38 heavy (non-hydrogen) atoms. The normalized spacial score (nSPS) is 12.2. The van der Waals surface area contributed by atoms with Gasteiger partial charge in [-0.25, -0.2) is 10.2 Å². The summed E-state index contributed by atoms with van der Waals surface area (Å²) < 4.78 is 16.5. The third-order valence-corrected chi connectivity index (χ3v) is 5.14. The lowest BCUT2D eigenvalue weighted by atomic mass is 10.1. The quantitative estimate of drug-likeness (QED) is 0.206. The van der Waals surface area contributed by atoms with Gasteiger partial charge in [-0.1, -0.05) is 41.9 Å². The van der Waals surface area contributed by atoms with Crippen LogP contribution in [0.3, 0.4) is 0 Å².